The highest BCUT2D eigenvalue weighted by molar-refractivity contribution is 5.69. The molecule has 64 valence electrons. The lowest BCUT2D eigenvalue weighted by atomic mass is 10.2. The molecule has 0 aromatic heterocycles. The maximum atomic E-state index is 10.0. The Balaban J connectivity index is 3.65. The van der Waals surface area contributed by atoms with Crippen LogP contribution < -0.4 is 11.1 Å². The molecule has 11 heavy (non-hydrogen) atoms. The van der Waals surface area contributed by atoms with Crippen molar-refractivity contribution < 1.29 is 9.90 Å². The largest absolute Gasteiger partial charge is 0.480 e. The van der Waals surface area contributed by atoms with Crippen LogP contribution in [0.3, 0.4) is 0 Å². The number of nitrogens with two attached hydrogens (primary N) is 1. The molecular weight excluding hydrogens is 144 g/mol. The van der Waals surface area contributed by atoms with E-state index < -0.39 is 5.97 Å². The molecule has 0 aliphatic heterocycles. The van der Waals surface area contributed by atoms with Crippen LogP contribution >= 0.6 is 0 Å². The van der Waals surface area contributed by atoms with Gasteiger partial charge in [0.15, 0.2) is 0 Å². The predicted octanol–water partition coefficient (Wildman–Crippen LogP) is 0.117. The molecule has 0 fully saturated rings. The van der Waals surface area contributed by atoms with E-state index in [9.17, 15) is 4.79 Å². The van der Waals surface area contributed by atoms with E-state index in [2.05, 4.69) is 5.32 Å². The Labute approximate surface area is 66.1 Å². The smallest absolute Gasteiger partial charge is 0.322 e. The van der Waals surface area contributed by atoms with Gasteiger partial charge in [0.2, 0.25) is 0 Å². The molecule has 0 spiro atoms. The maximum absolute atomic E-state index is 10.0. The van der Waals surface area contributed by atoms with Crippen LogP contribution in [-0.2, 0) is 4.79 Å². The van der Waals surface area contributed by atoms with E-state index in [0.29, 0.717) is 5.70 Å². The topological polar surface area (TPSA) is 75.3 Å². The predicted molar refractivity (Wildman–Crippen MR) is 42.7 cm³/mol. The number of aliphatic carboxylic acids is 1. The van der Waals surface area contributed by atoms with Gasteiger partial charge in [-0.25, -0.2) is 0 Å². The van der Waals surface area contributed by atoms with Gasteiger partial charge in [0.1, 0.15) is 6.54 Å². The number of hydrogen-bond acceptors (Lipinski definition) is 3. The summed E-state index contributed by atoms with van der Waals surface area (Å²) < 4.78 is 0. The van der Waals surface area contributed by atoms with Crippen LogP contribution in [0.5, 0.6) is 0 Å². The van der Waals surface area contributed by atoms with Crippen LogP contribution in [-0.4, -0.2) is 17.6 Å². The number of rotatable bonds is 4. The van der Waals surface area contributed by atoms with Gasteiger partial charge >= 0.3 is 5.97 Å². The van der Waals surface area contributed by atoms with E-state index in [-0.39, 0.29) is 12.5 Å². The Hall–Kier alpha value is -1.19. The minimum atomic E-state index is -0.891. The summed E-state index contributed by atoms with van der Waals surface area (Å²) in [5.74, 6) is -0.644. The molecule has 0 unspecified atom stereocenters. The molecule has 0 heterocycles. The summed E-state index contributed by atoms with van der Waals surface area (Å²) in [6.07, 6.45) is 1.53. The fourth-order valence-electron chi connectivity index (χ4n) is 0.423. The van der Waals surface area contributed by atoms with E-state index in [0.717, 1.165) is 0 Å². The van der Waals surface area contributed by atoms with Crippen molar-refractivity contribution in [2.24, 2.45) is 11.7 Å². The zero-order valence-corrected chi connectivity index (χ0v) is 6.79. The number of carboxylic acids is 1. The Bertz CT molecular complexity index is 164. The molecule has 4 nitrogen and oxygen atoms in total. The lowest BCUT2D eigenvalue weighted by Gasteiger charge is -2.04. The average molecular weight is 158 g/mol. The summed E-state index contributed by atoms with van der Waals surface area (Å²) in [7, 11) is 0. The van der Waals surface area contributed by atoms with Gasteiger partial charge in [0, 0.05) is 11.9 Å². The lowest BCUT2D eigenvalue weighted by molar-refractivity contribution is -0.135. The highest BCUT2D eigenvalue weighted by Gasteiger charge is 1.96. The lowest BCUT2D eigenvalue weighted by Crippen LogP contribution is -2.19. The molecule has 0 aliphatic carbocycles. The van der Waals surface area contributed by atoms with E-state index in [1.54, 1.807) is 0 Å². The molecule has 0 aromatic carbocycles. The van der Waals surface area contributed by atoms with Crippen molar-refractivity contribution in [1.29, 1.82) is 0 Å². The molecule has 0 atom stereocenters. The first-order valence-corrected chi connectivity index (χ1v) is 3.44. The van der Waals surface area contributed by atoms with Gasteiger partial charge < -0.3 is 16.2 Å². The van der Waals surface area contributed by atoms with Crippen molar-refractivity contribution >= 4 is 5.97 Å². The standard InChI is InChI=1S/C7H14N2O2/c1-5(2)6(8)3-9-4-7(10)11/h3,5,9H,4,8H2,1-2H3,(H,10,11)/b6-3-. The molecule has 0 bridgehead atoms. The highest BCUT2D eigenvalue weighted by atomic mass is 16.4. The molecule has 4 heteroatoms. The van der Waals surface area contributed by atoms with Crippen LogP contribution in [0.4, 0.5) is 0 Å². The fraction of sp³-hybridized carbons (Fsp3) is 0.571. The molecule has 0 saturated heterocycles. The second-order valence-electron chi connectivity index (χ2n) is 2.57. The zero-order chi connectivity index (χ0) is 8.85. The third-order valence-electron chi connectivity index (χ3n) is 1.19. The molecule has 4 N–H and O–H groups in total. The van der Waals surface area contributed by atoms with Crippen molar-refractivity contribution in [2.45, 2.75) is 13.8 Å². The molecule has 0 rings (SSSR count). The van der Waals surface area contributed by atoms with E-state index in [4.69, 9.17) is 10.8 Å². The van der Waals surface area contributed by atoms with Gasteiger partial charge in [0.05, 0.1) is 0 Å². The maximum Gasteiger partial charge on any atom is 0.322 e. The molecule has 0 amide bonds. The summed E-state index contributed by atoms with van der Waals surface area (Å²) in [6.45, 7) is 3.79. The SMILES string of the molecule is CC(C)/C(N)=C/NCC(=O)O. The van der Waals surface area contributed by atoms with Gasteiger partial charge in [-0.3, -0.25) is 4.79 Å². The minimum absolute atomic E-state index is 0.0899. The normalized spacial score (nSPS) is 11.7. The van der Waals surface area contributed by atoms with Crippen LogP contribution in [0.1, 0.15) is 13.8 Å². The van der Waals surface area contributed by atoms with Gasteiger partial charge in [-0.15, -0.1) is 0 Å². The van der Waals surface area contributed by atoms with E-state index >= 15 is 0 Å². The second-order valence-corrected chi connectivity index (χ2v) is 2.57. The first kappa shape index (κ1) is 9.81. The zero-order valence-electron chi connectivity index (χ0n) is 6.79. The molecule has 0 saturated carbocycles. The van der Waals surface area contributed by atoms with Gasteiger partial charge in [-0.05, 0) is 5.92 Å². The monoisotopic (exact) mass is 158 g/mol. The van der Waals surface area contributed by atoms with Crippen molar-refractivity contribution in [1.82, 2.24) is 5.32 Å². The van der Waals surface area contributed by atoms with Crippen molar-refractivity contribution in [3.05, 3.63) is 11.9 Å². The Morgan fingerprint density at radius 1 is 1.73 bits per heavy atom. The van der Waals surface area contributed by atoms with E-state index in [1.807, 2.05) is 13.8 Å². The molecule has 0 radical (unpaired) electrons. The van der Waals surface area contributed by atoms with Gasteiger partial charge in [-0.2, -0.15) is 0 Å². The third kappa shape index (κ3) is 5.26. The van der Waals surface area contributed by atoms with Crippen molar-refractivity contribution in [3.63, 3.8) is 0 Å². The number of allylic oxidation sites excluding steroid dienone is 1. The Kier molecular flexibility index (Phi) is 4.10. The number of carbonyl (C=O) groups is 1. The Morgan fingerprint density at radius 3 is 2.64 bits per heavy atom. The van der Waals surface area contributed by atoms with E-state index in [1.165, 1.54) is 6.20 Å². The summed E-state index contributed by atoms with van der Waals surface area (Å²) in [5.41, 5.74) is 6.17. The summed E-state index contributed by atoms with van der Waals surface area (Å²) in [5, 5.41) is 10.8. The Morgan fingerprint density at radius 2 is 2.27 bits per heavy atom. The van der Waals surface area contributed by atoms with Crippen molar-refractivity contribution in [2.75, 3.05) is 6.54 Å². The third-order valence-corrected chi connectivity index (χ3v) is 1.19. The molecule has 0 aromatic rings. The second kappa shape index (κ2) is 4.60. The number of nitrogens with one attached hydrogen (secondary N) is 1. The summed E-state index contributed by atoms with van der Waals surface area (Å²) >= 11 is 0. The highest BCUT2D eigenvalue weighted by Crippen LogP contribution is 1.99. The van der Waals surface area contributed by atoms with Crippen LogP contribution in [0.2, 0.25) is 0 Å². The average Bonchev–Trinajstić information content (AvgIpc) is 1.86. The summed E-state index contributed by atoms with van der Waals surface area (Å²) in [4.78, 5) is 10.0. The summed E-state index contributed by atoms with van der Waals surface area (Å²) in [6, 6.07) is 0. The van der Waals surface area contributed by atoms with Crippen LogP contribution in [0, 0.1) is 5.92 Å². The van der Waals surface area contributed by atoms with Gasteiger partial charge in [-0.1, -0.05) is 13.8 Å². The minimum Gasteiger partial charge on any atom is -0.480 e. The molecule has 0 aliphatic rings. The quantitative estimate of drug-likeness (QED) is 0.543. The fourth-order valence-corrected chi connectivity index (χ4v) is 0.423. The number of hydrogen-bond donors (Lipinski definition) is 3. The number of carboxylic acid groups (broad SMARTS) is 1. The van der Waals surface area contributed by atoms with Crippen molar-refractivity contribution in [3.8, 4) is 0 Å². The van der Waals surface area contributed by atoms with Gasteiger partial charge in [0.25, 0.3) is 0 Å². The first-order valence-electron chi connectivity index (χ1n) is 3.44. The van der Waals surface area contributed by atoms with Crippen LogP contribution in [0.25, 0.3) is 0 Å². The first-order chi connectivity index (χ1) is 5.04. The molecular formula is C7H14N2O2. The van der Waals surface area contributed by atoms with Crippen LogP contribution in [0.15, 0.2) is 11.9 Å².